The highest BCUT2D eigenvalue weighted by Gasteiger charge is 2.38. The van der Waals surface area contributed by atoms with Crippen LogP contribution in [-0.2, 0) is 10.3 Å². The number of nitrogens with two attached hydrogens (primary N) is 1. The molecule has 1 aromatic carbocycles. The maximum atomic E-state index is 12.9. The summed E-state index contributed by atoms with van der Waals surface area (Å²) >= 11 is 5.42. The molecule has 0 radical (unpaired) electrons. The molecule has 0 saturated heterocycles. The largest absolute Gasteiger partial charge is 0.341 e. The third-order valence-corrected chi connectivity index (χ3v) is 6.28. The molecule has 3 nitrogen and oxygen atoms in total. The summed E-state index contributed by atoms with van der Waals surface area (Å²) in [5, 5.41) is 0.682. The Balaban J connectivity index is 0.00000264. The van der Waals surface area contributed by atoms with Gasteiger partial charge in [0, 0.05) is 22.8 Å². The fourth-order valence-electron chi connectivity index (χ4n) is 3.11. The molecule has 3 atom stereocenters. The van der Waals surface area contributed by atoms with Crippen LogP contribution in [0.25, 0.3) is 0 Å². The molecule has 2 N–H and O–H groups in total. The first-order valence-electron chi connectivity index (χ1n) is 7.80. The highest BCUT2D eigenvalue weighted by atomic mass is 79.9. The number of hydrogen-bond acceptors (Lipinski definition) is 3. The van der Waals surface area contributed by atoms with Crippen LogP contribution in [0.15, 0.2) is 28.7 Å². The number of hydrogen-bond donors (Lipinski definition) is 1. The van der Waals surface area contributed by atoms with E-state index in [0.717, 1.165) is 28.6 Å². The maximum absolute atomic E-state index is 12.9. The van der Waals surface area contributed by atoms with Crippen molar-refractivity contribution >= 4 is 46.0 Å². The number of thioether (sulfide) groups is 1. The van der Waals surface area contributed by atoms with Crippen molar-refractivity contribution in [3.05, 3.63) is 34.3 Å². The fourth-order valence-corrected chi connectivity index (χ4v) is 4.50. The fraction of sp³-hybridized carbons (Fsp3) is 0.588. The number of carbonyl (C=O) groups excluding carboxylic acids is 1. The first-order valence-corrected chi connectivity index (χ1v) is 9.64. The second kappa shape index (κ2) is 8.75. The van der Waals surface area contributed by atoms with Gasteiger partial charge in [-0.1, -0.05) is 35.0 Å². The van der Waals surface area contributed by atoms with Crippen LogP contribution in [0.3, 0.4) is 0 Å². The number of likely N-dealkylation sites (N-methyl/N-ethyl adjacent to an activating group) is 1. The summed E-state index contributed by atoms with van der Waals surface area (Å²) in [6.45, 7) is 4.00. The lowest BCUT2D eigenvalue weighted by molar-refractivity contribution is -0.137. The lowest BCUT2D eigenvalue weighted by atomic mass is 9.91. The Kier molecular flexibility index (Phi) is 7.91. The van der Waals surface area contributed by atoms with Crippen molar-refractivity contribution in [1.82, 2.24) is 4.90 Å². The summed E-state index contributed by atoms with van der Waals surface area (Å²) in [5.74, 6) is 1.14. The summed E-state index contributed by atoms with van der Waals surface area (Å²) in [6.07, 6.45) is 3.36. The van der Waals surface area contributed by atoms with Crippen LogP contribution in [0.4, 0.5) is 0 Å². The van der Waals surface area contributed by atoms with Gasteiger partial charge in [-0.2, -0.15) is 11.8 Å². The lowest BCUT2D eigenvalue weighted by Gasteiger charge is -2.33. The molecule has 3 unspecified atom stereocenters. The monoisotopic (exact) mass is 420 g/mol. The van der Waals surface area contributed by atoms with Gasteiger partial charge in [-0.25, -0.2) is 0 Å². The summed E-state index contributed by atoms with van der Waals surface area (Å²) in [4.78, 5) is 14.8. The third-order valence-electron chi connectivity index (χ3n) is 4.52. The molecule has 0 bridgehead atoms. The molecule has 1 saturated carbocycles. The highest BCUT2D eigenvalue weighted by Crippen LogP contribution is 2.33. The molecular formula is C17H26BrClN2OS. The van der Waals surface area contributed by atoms with Gasteiger partial charge in [0.15, 0.2) is 0 Å². The Morgan fingerprint density at radius 3 is 2.57 bits per heavy atom. The van der Waals surface area contributed by atoms with Gasteiger partial charge in [0.05, 0.1) is 0 Å². The van der Waals surface area contributed by atoms with E-state index >= 15 is 0 Å². The molecule has 6 heteroatoms. The number of amides is 1. The van der Waals surface area contributed by atoms with Crippen LogP contribution >= 0.6 is 40.1 Å². The van der Waals surface area contributed by atoms with Gasteiger partial charge >= 0.3 is 0 Å². The summed E-state index contributed by atoms with van der Waals surface area (Å²) in [5.41, 5.74) is 6.25. The van der Waals surface area contributed by atoms with E-state index in [0.29, 0.717) is 11.3 Å². The van der Waals surface area contributed by atoms with Crippen LogP contribution in [0.5, 0.6) is 0 Å². The molecule has 1 fully saturated rings. The Hall–Kier alpha value is -0.230. The van der Waals surface area contributed by atoms with E-state index in [-0.39, 0.29) is 18.3 Å². The molecule has 1 aliphatic rings. The Morgan fingerprint density at radius 2 is 2.00 bits per heavy atom. The minimum absolute atomic E-state index is 0. The van der Waals surface area contributed by atoms with Gasteiger partial charge in [0.2, 0.25) is 5.91 Å². The molecule has 2 rings (SSSR count). The number of rotatable bonds is 5. The minimum atomic E-state index is -0.981. The van der Waals surface area contributed by atoms with Gasteiger partial charge in [0.25, 0.3) is 0 Å². The van der Waals surface area contributed by atoms with Crippen molar-refractivity contribution in [1.29, 1.82) is 0 Å². The predicted octanol–water partition coefficient (Wildman–Crippen LogP) is 4.18. The van der Waals surface area contributed by atoms with Crippen LogP contribution in [-0.4, -0.2) is 34.9 Å². The zero-order valence-corrected chi connectivity index (χ0v) is 17.1. The van der Waals surface area contributed by atoms with Gasteiger partial charge in [0.1, 0.15) is 5.54 Å². The van der Waals surface area contributed by atoms with E-state index in [9.17, 15) is 4.79 Å². The van der Waals surface area contributed by atoms with Crippen molar-refractivity contribution in [2.75, 3.05) is 12.8 Å². The zero-order valence-electron chi connectivity index (χ0n) is 13.9. The molecule has 1 aromatic rings. The number of benzene rings is 1. The SMILES string of the molecule is CCSC1CCC(N(C)C(=O)C(C)(N)c2ccc(Br)cc2)C1.Cl. The van der Waals surface area contributed by atoms with Crippen LogP contribution in [0.1, 0.15) is 38.7 Å². The average Bonchev–Trinajstić information content (AvgIpc) is 2.95. The number of carbonyl (C=O) groups is 1. The molecule has 0 spiro atoms. The summed E-state index contributed by atoms with van der Waals surface area (Å²) in [7, 11) is 1.90. The van der Waals surface area contributed by atoms with Crippen molar-refractivity contribution in [3.8, 4) is 0 Å². The van der Waals surface area contributed by atoms with E-state index in [1.54, 1.807) is 0 Å². The molecule has 1 amide bonds. The molecule has 130 valence electrons. The van der Waals surface area contributed by atoms with Gasteiger partial charge in [-0.05, 0) is 49.6 Å². The molecule has 0 aliphatic heterocycles. The molecule has 23 heavy (non-hydrogen) atoms. The maximum Gasteiger partial charge on any atom is 0.246 e. The smallest absolute Gasteiger partial charge is 0.246 e. The van der Waals surface area contributed by atoms with E-state index in [1.807, 2.05) is 54.9 Å². The molecular weight excluding hydrogens is 396 g/mol. The van der Waals surface area contributed by atoms with Crippen molar-refractivity contribution < 1.29 is 4.79 Å². The number of nitrogens with zero attached hydrogens (tertiary/aromatic N) is 1. The normalized spacial score (nSPS) is 23.0. The highest BCUT2D eigenvalue weighted by molar-refractivity contribution is 9.10. The zero-order chi connectivity index (χ0) is 16.3. The Morgan fingerprint density at radius 1 is 1.39 bits per heavy atom. The van der Waals surface area contributed by atoms with Crippen LogP contribution in [0, 0.1) is 0 Å². The summed E-state index contributed by atoms with van der Waals surface area (Å²) in [6, 6.07) is 8.00. The molecule has 0 heterocycles. The first-order chi connectivity index (χ1) is 10.4. The van der Waals surface area contributed by atoms with E-state index in [2.05, 4.69) is 22.9 Å². The Bertz CT molecular complexity index is 524. The number of halogens is 2. The molecule has 0 aromatic heterocycles. The predicted molar refractivity (Wildman–Crippen MR) is 105 cm³/mol. The van der Waals surface area contributed by atoms with Crippen LogP contribution < -0.4 is 5.73 Å². The Labute approximate surface area is 158 Å². The van der Waals surface area contributed by atoms with E-state index < -0.39 is 5.54 Å². The van der Waals surface area contributed by atoms with E-state index in [1.165, 1.54) is 6.42 Å². The van der Waals surface area contributed by atoms with Gasteiger partial charge in [-0.3, -0.25) is 4.79 Å². The van der Waals surface area contributed by atoms with Gasteiger partial charge in [-0.15, -0.1) is 12.4 Å². The third kappa shape index (κ3) is 4.88. The summed E-state index contributed by atoms with van der Waals surface area (Å²) < 4.78 is 0.989. The lowest BCUT2D eigenvalue weighted by Crippen LogP contribution is -2.52. The van der Waals surface area contributed by atoms with Crippen molar-refractivity contribution in [2.24, 2.45) is 5.73 Å². The second-order valence-corrected chi connectivity index (χ2v) is 8.66. The van der Waals surface area contributed by atoms with Crippen molar-refractivity contribution in [2.45, 2.75) is 49.9 Å². The standard InChI is InChI=1S/C17H25BrN2OS.ClH/c1-4-22-15-10-9-14(11-15)20(3)16(21)17(2,19)12-5-7-13(18)8-6-12;/h5-8,14-15H,4,9-11,19H2,1-3H3;1H. The first kappa shape index (κ1) is 20.8. The minimum Gasteiger partial charge on any atom is -0.341 e. The second-order valence-electron chi connectivity index (χ2n) is 6.17. The van der Waals surface area contributed by atoms with E-state index in [4.69, 9.17) is 5.73 Å². The molecule has 1 aliphatic carbocycles. The quantitative estimate of drug-likeness (QED) is 0.776. The van der Waals surface area contributed by atoms with Gasteiger partial charge < -0.3 is 10.6 Å². The van der Waals surface area contributed by atoms with Crippen LogP contribution in [0.2, 0.25) is 0 Å². The van der Waals surface area contributed by atoms with Crippen molar-refractivity contribution in [3.63, 3.8) is 0 Å². The average molecular weight is 422 g/mol. The topological polar surface area (TPSA) is 46.3 Å².